The molecule has 2 atom stereocenters. The third kappa shape index (κ3) is 3.19. The number of nitrogens with one attached hydrogen (secondary N) is 1. The molecule has 1 aromatic rings. The van der Waals surface area contributed by atoms with Crippen LogP contribution in [0.25, 0.3) is 0 Å². The van der Waals surface area contributed by atoms with Gasteiger partial charge in [0.25, 0.3) is 0 Å². The number of amides is 2. The van der Waals surface area contributed by atoms with Crippen molar-refractivity contribution in [3.05, 3.63) is 29.8 Å². The molecule has 124 valence electrons. The van der Waals surface area contributed by atoms with Crippen LogP contribution in [0.15, 0.2) is 18.2 Å². The van der Waals surface area contributed by atoms with Crippen LogP contribution in [-0.2, 0) is 14.3 Å². The van der Waals surface area contributed by atoms with Crippen molar-refractivity contribution in [1.82, 2.24) is 5.32 Å². The molecule has 0 spiro atoms. The molecule has 0 aromatic heterocycles. The highest BCUT2D eigenvalue weighted by Gasteiger charge is 2.37. The number of hydrogen-bond acceptors (Lipinski definition) is 3. The molecular formula is C16H18F2N2O3. The van der Waals surface area contributed by atoms with Crippen molar-refractivity contribution < 1.29 is 23.1 Å². The quantitative estimate of drug-likeness (QED) is 0.919. The highest BCUT2D eigenvalue weighted by molar-refractivity contribution is 6.01. The Balaban J connectivity index is 1.68. The number of halogens is 2. The number of ether oxygens (including phenoxy) is 1. The zero-order valence-electron chi connectivity index (χ0n) is 12.6. The van der Waals surface area contributed by atoms with Crippen LogP contribution in [0.2, 0.25) is 0 Å². The van der Waals surface area contributed by atoms with Crippen LogP contribution in [0.4, 0.5) is 14.5 Å². The van der Waals surface area contributed by atoms with E-state index >= 15 is 0 Å². The Morgan fingerprint density at radius 1 is 1.26 bits per heavy atom. The fourth-order valence-electron chi connectivity index (χ4n) is 3.02. The predicted octanol–water partition coefficient (Wildman–Crippen LogP) is 1.61. The third-order valence-corrected chi connectivity index (χ3v) is 4.26. The molecule has 2 fully saturated rings. The van der Waals surface area contributed by atoms with E-state index < -0.39 is 23.6 Å². The Kier molecular flexibility index (Phi) is 4.56. The largest absolute Gasteiger partial charge is 0.381 e. The number of hydrogen-bond donors (Lipinski definition) is 1. The molecule has 0 aliphatic carbocycles. The Labute approximate surface area is 132 Å². The molecule has 0 bridgehead atoms. The Hall–Kier alpha value is -2.02. The molecule has 7 heteroatoms. The lowest BCUT2D eigenvalue weighted by Gasteiger charge is -2.23. The molecule has 0 unspecified atom stereocenters. The maximum atomic E-state index is 13.8. The molecule has 0 saturated carbocycles. The van der Waals surface area contributed by atoms with Gasteiger partial charge in [-0.3, -0.25) is 9.59 Å². The van der Waals surface area contributed by atoms with E-state index in [1.165, 1.54) is 6.07 Å². The van der Waals surface area contributed by atoms with Crippen LogP contribution in [0.5, 0.6) is 0 Å². The van der Waals surface area contributed by atoms with Gasteiger partial charge in [0.05, 0.1) is 12.5 Å². The maximum absolute atomic E-state index is 13.8. The van der Waals surface area contributed by atoms with E-state index in [0.29, 0.717) is 19.6 Å². The van der Waals surface area contributed by atoms with E-state index in [1.54, 1.807) is 0 Å². The van der Waals surface area contributed by atoms with Gasteiger partial charge in [0.15, 0.2) is 0 Å². The van der Waals surface area contributed by atoms with Crippen molar-refractivity contribution in [2.75, 3.05) is 24.7 Å². The van der Waals surface area contributed by atoms with Crippen molar-refractivity contribution in [2.45, 2.75) is 25.3 Å². The van der Waals surface area contributed by atoms with Crippen LogP contribution in [0.1, 0.15) is 19.3 Å². The van der Waals surface area contributed by atoms with Crippen molar-refractivity contribution in [3.63, 3.8) is 0 Å². The van der Waals surface area contributed by atoms with Gasteiger partial charge >= 0.3 is 0 Å². The van der Waals surface area contributed by atoms with Crippen molar-refractivity contribution in [3.8, 4) is 0 Å². The average molecular weight is 324 g/mol. The molecule has 1 aromatic carbocycles. The number of benzene rings is 1. The van der Waals surface area contributed by atoms with Crippen LogP contribution in [0.3, 0.4) is 0 Å². The fraction of sp³-hybridized carbons (Fsp3) is 0.500. The highest BCUT2D eigenvalue weighted by Crippen LogP contribution is 2.27. The van der Waals surface area contributed by atoms with Gasteiger partial charge in [-0.05, 0) is 31.4 Å². The molecule has 5 nitrogen and oxygen atoms in total. The summed E-state index contributed by atoms with van der Waals surface area (Å²) in [7, 11) is 0. The first-order chi connectivity index (χ1) is 11.1. The minimum atomic E-state index is -0.786. The number of carbonyl (C=O) groups is 2. The normalized spacial score (nSPS) is 24.8. The first kappa shape index (κ1) is 15.9. The summed E-state index contributed by atoms with van der Waals surface area (Å²) < 4.78 is 32.9. The lowest BCUT2D eigenvalue weighted by molar-refractivity contribution is -0.132. The first-order valence-corrected chi connectivity index (χ1v) is 7.71. The third-order valence-electron chi connectivity index (χ3n) is 4.26. The Morgan fingerprint density at radius 3 is 2.65 bits per heavy atom. The summed E-state index contributed by atoms with van der Waals surface area (Å²) in [5.74, 6) is -2.56. The predicted molar refractivity (Wildman–Crippen MR) is 78.8 cm³/mol. The fourth-order valence-corrected chi connectivity index (χ4v) is 3.02. The summed E-state index contributed by atoms with van der Waals surface area (Å²) in [5, 5.41) is 2.68. The van der Waals surface area contributed by atoms with Crippen LogP contribution < -0.4 is 10.2 Å². The number of para-hydroxylation sites is 1. The smallest absolute Gasteiger partial charge is 0.249 e. The average Bonchev–Trinajstić information content (AvgIpc) is 2.89. The van der Waals surface area contributed by atoms with Gasteiger partial charge < -0.3 is 15.0 Å². The van der Waals surface area contributed by atoms with Crippen molar-refractivity contribution in [1.29, 1.82) is 0 Å². The SMILES string of the molecule is O=C(N[C@@H]1CCN(c2c(F)cccc2F)C1=O)[C@H]1CCCOC1. The van der Waals surface area contributed by atoms with Crippen LogP contribution in [0, 0.1) is 17.6 Å². The van der Waals surface area contributed by atoms with Crippen molar-refractivity contribution in [2.24, 2.45) is 5.92 Å². The summed E-state index contributed by atoms with van der Waals surface area (Å²) in [5.41, 5.74) is -0.352. The van der Waals surface area contributed by atoms with Gasteiger partial charge in [-0.15, -0.1) is 0 Å². The van der Waals surface area contributed by atoms with E-state index in [0.717, 1.165) is 29.9 Å². The molecular weight excluding hydrogens is 306 g/mol. The second-order valence-electron chi connectivity index (χ2n) is 5.82. The number of carbonyl (C=O) groups excluding carboxylic acids is 2. The standard InChI is InChI=1S/C16H18F2N2O3/c17-11-4-1-5-12(18)14(11)20-7-6-13(16(20)22)19-15(21)10-3-2-8-23-9-10/h1,4-5,10,13H,2-3,6-9H2,(H,19,21)/t10-,13+/m0/s1. The molecule has 2 amide bonds. The molecule has 2 aliphatic heterocycles. The highest BCUT2D eigenvalue weighted by atomic mass is 19.1. The van der Waals surface area contributed by atoms with E-state index in [-0.39, 0.29) is 24.1 Å². The second-order valence-corrected chi connectivity index (χ2v) is 5.82. The molecule has 2 saturated heterocycles. The lowest BCUT2D eigenvalue weighted by Crippen LogP contribution is -2.45. The lowest BCUT2D eigenvalue weighted by atomic mass is 10.0. The Bertz CT molecular complexity index is 597. The van der Waals surface area contributed by atoms with Gasteiger partial charge in [0.2, 0.25) is 11.8 Å². The van der Waals surface area contributed by atoms with Gasteiger partial charge in [0, 0.05) is 13.2 Å². The monoisotopic (exact) mass is 324 g/mol. The van der Waals surface area contributed by atoms with Crippen molar-refractivity contribution >= 4 is 17.5 Å². The molecule has 0 radical (unpaired) electrons. The summed E-state index contributed by atoms with van der Waals surface area (Å²) in [6.07, 6.45) is 1.85. The molecule has 1 N–H and O–H groups in total. The minimum Gasteiger partial charge on any atom is -0.381 e. The first-order valence-electron chi connectivity index (χ1n) is 7.71. The molecule has 23 heavy (non-hydrogen) atoms. The number of nitrogens with zero attached hydrogens (tertiary/aromatic N) is 1. The van der Waals surface area contributed by atoms with E-state index in [9.17, 15) is 18.4 Å². The summed E-state index contributed by atoms with van der Waals surface area (Å²) in [6.45, 7) is 1.16. The van der Waals surface area contributed by atoms with Gasteiger partial charge in [-0.1, -0.05) is 6.07 Å². The summed E-state index contributed by atoms with van der Waals surface area (Å²) in [6, 6.07) is 2.72. The van der Waals surface area contributed by atoms with Gasteiger partial charge in [-0.25, -0.2) is 8.78 Å². The second kappa shape index (κ2) is 6.62. The van der Waals surface area contributed by atoms with Crippen LogP contribution in [-0.4, -0.2) is 37.6 Å². The number of rotatable bonds is 3. The maximum Gasteiger partial charge on any atom is 0.249 e. The van der Waals surface area contributed by atoms with E-state index in [4.69, 9.17) is 4.74 Å². The van der Waals surface area contributed by atoms with Crippen LogP contribution >= 0.6 is 0 Å². The topological polar surface area (TPSA) is 58.6 Å². The molecule has 2 heterocycles. The molecule has 3 rings (SSSR count). The summed E-state index contributed by atoms with van der Waals surface area (Å²) in [4.78, 5) is 25.6. The molecule has 2 aliphatic rings. The minimum absolute atomic E-state index is 0.169. The Morgan fingerprint density at radius 2 is 2.00 bits per heavy atom. The zero-order chi connectivity index (χ0) is 16.4. The van der Waals surface area contributed by atoms with E-state index in [1.807, 2.05) is 0 Å². The zero-order valence-corrected chi connectivity index (χ0v) is 12.6. The van der Waals surface area contributed by atoms with Gasteiger partial charge in [-0.2, -0.15) is 0 Å². The van der Waals surface area contributed by atoms with Gasteiger partial charge in [0.1, 0.15) is 23.4 Å². The summed E-state index contributed by atoms with van der Waals surface area (Å²) >= 11 is 0. The number of anilines is 1. The van der Waals surface area contributed by atoms with E-state index in [2.05, 4.69) is 5.32 Å².